The maximum Gasteiger partial charge on any atom is 0.161 e. The highest BCUT2D eigenvalue weighted by Gasteiger charge is 2.16. The standard InChI is InChI=1S/C27H24N2O2/c1-16-5-8-18(9-6-16)20-15-23(19-10-12-24(30-3)25(14-19)31-4)29-27-26(20)21-13-17(2)7-11-22(21)28-27/h5-15H,1-4H3,(H,28,29). The van der Waals surface area contributed by atoms with Crippen LogP contribution in [0.3, 0.4) is 0 Å². The monoisotopic (exact) mass is 408 g/mol. The zero-order chi connectivity index (χ0) is 21.5. The fourth-order valence-corrected chi connectivity index (χ4v) is 4.11. The highest BCUT2D eigenvalue weighted by atomic mass is 16.5. The zero-order valence-electron chi connectivity index (χ0n) is 18.1. The number of pyridine rings is 1. The van der Waals surface area contributed by atoms with Gasteiger partial charge in [0.15, 0.2) is 11.5 Å². The molecule has 5 rings (SSSR count). The van der Waals surface area contributed by atoms with Gasteiger partial charge < -0.3 is 14.5 Å². The van der Waals surface area contributed by atoms with Gasteiger partial charge in [0.2, 0.25) is 0 Å². The lowest BCUT2D eigenvalue weighted by atomic mass is 9.97. The first-order valence-corrected chi connectivity index (χ1v) is 10.3. The summed E-state index contributed by atoms with van der Waals surface area (Å²) in [4.78, 5) is 8.52. The van der Waals surface area contributed by atoms with Crippen LogP contribution in [0.1, 0.15) is 11.1 Å². The van der Waals surface area contributed by atoms with E-state index >= 15 is 0 Å². The van der Waals surface area contributed by atoms with E-state index in [0.29, 0.717) is 11.5 Å². The Hall–Kier alpha value is -3.79. The van der Waals surface area contributed by atoms with Crippen molar-refractivity contribution in [1.29, 1.82) is 0 Å². The second-order valence-corrected chi connectivity index (χ2v) is 7.89. The molecule has 0 aliphatic rings. The van der Waals surface area contributed by atoms with Crippen molar-refractivity contribution in [2.75, 3.05) is 14.2 Å². The number of hydrogen-bond acceptors (Lipinski definition) is 3. The van der Waals surface area contributed by atoms with Crippen LogP contribution >= 0.6 is 0 Å². The van der Waals surface area contributed by atoms with Crippen LogP contribution in [0.2, 0.25) is 0 Å². The number of H-pyrrole nitrogens is 1. The quantitative estimate of drug-likeness (QED) is 0.361. The lowest BCUT2D eigenvalue weighted by Gasteiger charge is -2.12. The third kappa shape index (κ3) is 3.30. The van der Waals surface area contributed by atoms with Crippen molar-refractivity contribution in [3.8, 4) is 33.9 Å². The molecule has 0 atom stereocenters. The summed E-state index contributed by atoms with van der Waals surface area (Å²) in [6.45, 7) is 4.23. The first-order chi connectivity index (χ1) is 15.1. The van der Waals surface area contributed by atoms with Gasteiger partial charge in [-0.1, -0.05) is 41.5 Å². The molecule has 2 aromatic heterocycles. The van der Waals surface area contributed by atoms with Crippen LogP contribution in [0.25, 0.3) is 44.3 Å². The molecule has 0 aliphatic heterocycles. The molecule has 4 heteroatoms. The number of methoxy groups -OCH3 is 2. The Kier molecular flexibility index (Phi) is 4.63. The molecule has 0 fully saturated rings. The van der Waals surface area contributed by atoms with Crippen molar-refractivity contribution < 1.29 is 9.47 Å². The maximum atomic E-state index is 5.51. The number of rotatable bonds is 4. The van der Waals surface area contributed by atoms with E-state index in [4.69, 9.17) is 14.5 Å². The molecule has 5 aromatic rings. The summed E-state index contributed by atoms with van der Waals surface area (Å²) < 4.78 is 10.9. The third-order valence-electron chi connectivity index (χ3n) is 5.76. The molecule has 0 amide bonds. The number of hydrogen-bond donors (Lipinski definition) is 1. The maximum absolute atomic E-state index is 5.51. The van der Waals surface area contributed by atoms with Crippen LogP contribution < -0.4 is 9.47 Å². The molecule has 0 aliphatic carbocycles. The Bertz CT molecular complexity index is 1420. The molecule has 2 heterocycles. The van der Waals surface area contributed by atoms with Crippen LogP contribution in [0, 0.1) is 13.8 Å². The molecular weight excluding hydrogens is 384 g/mol. The van der Waals surface area contributed by atoms with E-state index in [9.17, 15) is 0 Å². The van der Waals surface area contributed by atoms with Crippen molar-refractivity contribution in [3.05, 3.63) is 77.9 Å². The number of aromatic nitrogens is 2. The summed E-state index contributed by atoms with van der Waals surface area (Å²) in [5, 5.41) is 2.34. The van der Waals surface area contributed by atoms with Gasteiger partial charge in [0.25, 0.3) is 0 Å². The van der Waals surface area contributed by atoms with Gasteiger partial charge >= 0.3 is 0 Å². The van der Waals surface area contributed by atoms with Crippen molar-refractivity contribution in [3.63, 3.8) is 0 Å². The van der Waals surface area contributed by atoms with Crippen LogP contribution in [0.5, 0.6) is 11.5 Å². The van der Waals surface area contributed by atoms with E-state index < -0.39 is 0 Å². The predicted molar refractivity (Wildman–Crippen MR) is 127 cm³/mol. The van der Waals surface area contributed by atoms with Crippen LogP contribution in [-0.4, -0.2) is 24.2 Å². The second-order valence-electron chi connectivity index (χ2n) is 7.89. The Labute approximate surface area is 181 Å². The van der Waals surface area contributed by atoms with Gasteiger partial charge in [0.05, 0.1) is 19.9 Å². The first kappa shape index (κ1) is 19.2. The molecular formula is C27H24N2O2. The molecule has 1 N–H and O–H groups in total. The van der Waals surface area contributed by atoms with E-state index in [1.54, 1.807) is 14.2 Å². The lowest BCUT2D eigenvalue weighted by molar-refractivity contribution is 0.355. The molecule has 4 nitrogen and oxygen atoms in total. The molecule has 154 valence electrons. The van der Waals surface area contributed by atoms with Gasteiger partial charge in [0, 0.05) is 21.9 Å². The third-order valence-corrected chi connectivity index (χ3v) is 5.76. The molecule has 31 heavy (non-hydrogen) atoms. The van der Waals surface area contributed by atoms with Gasteiger partial charge in [-0.2, -0.15) is 0 Å². The Balaban J connectivity index is 1.82. The summed E-state index contributed by atoms with van der Waals surface area (Å²) >= 11 is 0. The van der Waals surface area contributed by atoms with Gasteiger partial charge in [-0.05, 0) is 61.4 Å². The molecule has 0 saturated carbocycles. The zero-order valence-corrected chi connectivity index (χ0v) is 18.1. The minimum absolute atomic E-state index is 0.686. The number of aromatic amines is 1. The van der Waals surface area contributed by atoms with Gasteiger partial charge in [-0.15, -0.1) is 0 Å². The summed E-state index contributed by atoms with van der Waals surface area (Å²) in [7, 11) is 3.29. The van der Waals surface area contributed by atoms with Gasteiger partial charge in [0.1, 0.15) is 5.65 Å². The number of benzene rings is 3. The Morgan fingerprint density at radius 2 is 1.42 bits per heavy atom. The minimum atomic E-state index is 0.686. The van der Waals surface area contributed by atoms with E-state index in [1.165, 1.54) is 22.1 Å². The molecule has 0 spiro atoms. The summed E-state index contributed by atoms with van der Waals surface area (Å²) in [5.41, 5.74) is 8.62. The fourth-order valence-electron chi connectivity index (χ4n) is 4.11. The van der Waals surface area contributed by atoms with Gasteiger partial charge in [-0.25, -0.2) is 4.98 Å². The van der Waals surface area contributed by atoms with Crippen molar-refractivity contribution >= 4 is 21.9 Å². The van der Waals surface area contributed by atoms with Crippen LogP contribution in [0.15, 0.2) is 66.7 Å². The summed E-state index contributed by atoms with van der Waals surface area (Å²) in [6, 6.07) is 23.2. The highest BCUT2D eigenvalue weighted by molar-refractivity contribution is 6.13. The predicted octanol–water partition coefficient (Wildman–Crippen LogP) is 6.68. The Morgan fingerprint density at radius 3 is 2.16 bits per heavy atom. The number of nitrogens with one attached hydrogen (secondary N) is 1. The summed E-state index contributed by atoms with van der Waals surface area (Å²) in [5.74, 6) is 1.39. The van der Waals surface area contributed by atoms with Crippen molar-refractivity contribution in [2.45, 2.75) is 13.8 Å². The van der Waals surface area contributed by atoms with Crippen LogP contribution in [-0.2, 0) is 0 Å². The van der Waals surface area contributed by atoms with Crippen LogP contribution in [0.4, 0.5) is 0 Å². The molecule has 0 bridgehead atoms. The van der Waals surface area contributed by atoms with E-state index in [2.05, 4.69) is 67.4 Å². The number of aryl methyl sites for hydroxylation is 2. The van der Waals surface area contributed by atoms with E-state index in [-0.39, 0.29) is 0 Å². The van der Waals surface area contributed by atoms with Gasteiger partial charge in [-0.3, -0.25) is 0 Å². The first-order valence-electron chi connectivity index (χ1n) is 10.3. The second kappa shape index (κ2) is 7.47. The lowest BCUT2D eigenvalue weighted by Crippen LogP contribution is -1.93. The smallest absolute Gasteiger partial charge is 0.161 e. The molecule has 0 radical (unpaired) electrons. The average molecular weight is 409 g/mol. The Morgan fingerprint density at radius 1 is 0.710 bits per heavy atom. The van der Waals surface area contributed by atoms with Crippen molar-refractivity contribution in [1.82, 2.24) is 9.97 Å². The SMILES string of the molecule is COc1ccc(-c2cc(-c3ccc(C)cc3)c3c(n2)[nH]c2ccc(C)cc23)cc1OC. The number of ether oxygens (including phenoxy) is 2. The minimum Gasteiger partial charge on any atom is -0.493 e. The van der Waals surface area contributed by atoms with E-state index in [1.807, 2.05) is 18.2 Å². The normalized spacial score (nSPS) is 11.2. The molecule has 0 saturated heterocycles. The summed E-state index contributed by atoms with van der Waals surface area (Å²) in [6.07, 6.45) is 0. The largest absolute Gasteiger partial charge is 0.493 e. The molecule has 3 aromatic carbocycles. The average Bonchev–Trinajstić information content (AvgIpc) is 3.16. The molecule has 0 unspecified atom stereocenters. The number of nitrogens with zero attached hydrogens (tertiary/aromatic N) is 1. The topological polar surface area (TPSA) is 47.1 Å². The highest BCUT2D eigenvalue weighted by Crippen LogP contribution is 2.38. The number of fused-ring (bicyclic) bond motifs is 3. The van der Waals surface area contributed by atoms with Crippen molar-refractivity contribution in [2.24, 2.45) is 0 Å². The van der Waals surface area contributed by atoms with E-state index in [0.717, 1.165) is 33.4 Å². The fraction of sp³-hybridized carbons (Fsp3) is 0.148.